The van der Waals surface area contributed by atoms with Crippen molar-refractivity contribution in [3.8, 4) is 0 Å². The van der Waals surface area contributed by atoms with E-state index >= 15 is 0 Å². The number of nitrogens with one attached hydrogen (secondary N) is 1. The maximum atomic E-state index is 5.49. The van der Waals surface area contributed by atoms with Crippen molar-refractivity contribution in [1.82, 2.24) is 0 Å². The van der Waals surface area contributed by atoms with Crippen LogP contribution in [0.3, 0.4) is 0 Å². The van der Waals surface area contributed by atoms with Gasteiger partial charge in [0.1, 0.15) is 0 Å². The molecule has 0 aliphatic carbocycles. The monoisotopic (exact) mass is 214 g/mol. The fourth-order valence-corrected chi connectivity index (χ4v) is 1.41. The van der Waals surface area contributed by atoms with Gasteiger partial charge in [-0.15, -0.1) is 0 Å². The summed E-state index contributed by atoms with van der Waals surface area (Å²) in [4.78, 5) is 0. The lowest BCUT2D eigenvalue weighted by Crippen LogP contribution is -1.97. The minimum absolute atomic E-state index is 0.574. The highest BCUT2D eigenvalue weighted by molar-refractivity contribution is 9.10. The molecule has 0 aliphatic heterocycles. The molecule has 11 heavy (non-hydrogen) atoms. The van der Waals surface area contributed by atoms with E-state index in [4.69, 9.17) is 5.73 Å². The summed E-state index contributed by atoms with van der Waals surface area (Å²) in [5.74, 6) is 0. The van der Waals surface area contributed by atoms with Gasteiger partial charge in [0.2, 0.25) is 0 Å². The van der Waals surface area contributed by atoms with E-state index in [-0.39, 0.29) is 0 Å². The first-order chi connectivity index (χ1) is 5.27. The van der Waals surface area contributed by atoms with Crippen LogP contribution in [0.25, 0.3) is 0 Å². The molecule has 60 valence electrons. The standard InChI is InChI=1S/C8H11BrN2/c1-11-7-3-2-6(5-10)8(9)4-7/h2-4,11H,5,10H2,1H3. The topological polar surface area (TPSA) is 38.0 Å². The predicted octanol–water partition coefficient (Wildman–Crippen LogP) is 1.95. The lowest BCUT2D eigenvalue weighted by molar-refractivity contribution is 1.06. The normalized spacial score (nSPS) is 9.73. The molecular formula is C8H11BrN2. The molecule has 0 spiro atoms. The number of rotatable bonds is 2. The zero-order chi connectivity index (χ0) is 8.27. The fraction of sp³-hybridized carbons (Fsp3) is 0.250. The molecule has 0 aromatic heterocycles. The van der Waals surface area contributed by atoms with E-state index in [0.29, 0.717) is 6.54 Å². The Labute approximate surface area is 74.9 Å². The molecule has 0 fully saturated rings. The first-order valence-corrected chi connectivity index (χ1v) is 4.23. The largest absolute Gasteiger partial charge is 0.388 e. The van der Waals surface area contributed by atoms with E-state index in [9.17, 15) is 0 Å². The van der Waals surface area contributed by atoms with Gasteiger partial charge < -0.3 is 11.1 Å². The van der Waals surface area contributed by atoms with E-state index in [1.165, 1.54) is 0 Å². The van der Waals surface area contributed by atoms with E-state index in [1.54, 1.807) is 0 Å². The Morgan fingerprint density at radius 1 is 1.55 bits per heavy atom. The molecule has 3 heteroatoms. The lowest BCUT2D eigenvalue weighted by atomic mass is 10.2. The summed E-state index contributed by atoms with van der Waals surface area (Å²) in [6.45, 7) is 0.574. The van der Waals surface area contributed by atoms with Gasteiger partial charge in [0, 0.05) is 23.8 Å². The Morgan fingerprint density at radius 2 is 2.27 bits per heavy atom. The van der Waals surface area contributed by atoms with Gasteiger partial charge in [-0.3, -0.25) is 0 Å². The smallest absolute Gasteiger partial charge is 0.0349 e. The van der Waals surface area contributed by atoms with Gasteiger partial charge in [-0.1, -0.05) is 22.0 Å². The van der Waals surface area contributed by atoms with Gasteiger partial charge in [0.05, 0.1) is 0 Å². The molecule has 0 bridgehead atoms. The number of hydrogen-bond acceptors (Lipinski definition) is 2. The summed E-state index contributed by atoms with van der Waals surface area (Å²) in [6.07, 6.45) is 0. The van der Waals surface area contributed by atoms with Crippen molar-refractivity contribution < 1.29 is 0 Å². The zero-order valence-electron chi connectivity index (χ0n) is 6.39. The molecule has 0 amide bonds. The Balaban J connectivity index is 2.99. The Bertz CT molecular complexity index is 248. The molecule has 0 radical (unpaired) electrons. The van der Waals surface area contributed by atoms with Crippen molar-refractivity contribution >= 4 is 21.6 Å². The van der Waals surface area contributed by atoms with Crippen molar-refractivity contribution in [3.05, 3.63) is 28.2 Å². The first kappa shape index (κ1) is 8.56. The predicted molar refractivity (Wildman–Crippen MR) is 51.6 cm³/mol. The van der Waals surface area contributed by atoms with Crippen LogP contribution in [-0.4, -0.2) is 7.05 Å². The number of halogens is 1. The second kappa shape index (κ2) is 3.74. The molecule has 1 aromatic rings. The SMILES string of the molecule is CNc1ccc(CN)c(Br)c1. The van der Waals surface area contributed by atoms with Crippen LogP contribution in [-0.2, 0) is 6.54 Å². The quantitative estimate of drug-likeness (QED) is 0.791. The molecule has 0 saturated heterocycles. The molecule has 0 unspecified atom stereocenters. The maximum Gasteiger partial charge on any atom is 0.0349 e. The number of nitrogens with two attached hydrogens (primary N) is 1. The van der Waals surface area contributed by atoms with Crippen molar-refractivity contribution in [2.24, 2.45) is 5.73 Å². The maximum absolute atomic E-state index is 5.49. The second-order valence-electron chi connectivity index (χ2n) is 2.26. The molecular weight excluding hydrogens is 204 g/mol. The van der Waals surface area contributed by atoms with Crippen molar-refractivity contribution in [2.45, 2.75) is 6.54 Å². The summed E-state index contributed by atoms with van der Waals surface area (Å²) in [5.41, 5.74) is 7.71. The van der Waals surface area contributed by atoms with Crippen LogP contribution >= 0.6 is 15.9 Å². The van der Waals surface area contributed by atoms with Crippen molar-refractivity contribution in [2.75, 3.05) is 12.4 Å². The highest BCUT2D eigenvalue weighted by Gasteiger charge is 1.97. The molecule has 0 heterocycles. The highest BCUT2D eigenvalue weighted by Crippen LogP contribution is 2.20. The second-order valence-corrected chi connectivity index (χ2v) is 3.11. The van der Waals surface area contributed by atoms with Crippen molar-refractivity contribution in [3.63, 3.8) is 0 Å². The molecule has 0 atom stereocenters. The Hall–Kier alpha value is -0.540. The van der Waals surface area contributed by atoms with Gasteiger partial charge in [-0.05, 0) is 17.7 Å². The summed E-state index contributed by atoms with van der Waals surface area (Å²) in [6, 6.07) is 6.03. The van der Waals surface area contributed by atoms with Gasteiger partial charge in [0.25, 0.3) is 0 Å². The molecule has 1 rings (SSSR count). The summed E-state index contributed by atoms with van der Waals surface area (Å²) >= 11 is 3.43. The van der Waals surface area contributed by atoms with E-state index in [0.717, 1.165) is 15.7 Å². The lowest BCUT2D eigenvalue weighted by Gasteiger charge is -2.03. The van der Waals surface area contributed by atoms with Crippen LogP contribution in [0, 0.1) is 0 Å². The zero-order valence-corrected chi connectivity index (χ0v) is 7.98. The minimum Gasteiger partial charge on any atom is -0.388 e. The van der Waals surface area contributed by atoms with Gasteiger partial charge in [-0.2, -0.15) is 0 Å². The molecule has 0 saturated carbocycles. The number of anilines is 1. The van der Waals surface area contributed by atoms with Gasteiger partial charge in [-0.25, -0.2) is 0 Å². The first-order valence-electron chi connectivity index (χ1n) is 3.44. The number of benzene rings is 1. The third-order valence-corrected chi connectivity index (χ3v) is 2.30. The fourth-order valence-electron chi connectivity index (χ4n) is 0.868. The Morgan fingerprint density at radius 3 is 2.73 bits per heavy atom. The number of hydrogen-bond donors (Lipinski definition) is 2. The summed E-state index contributed by atoms with van der Waals surface area (Å²) < 4.78 is 1.06. The molecule has 3 N–H and O–H groups in total. The van der Waals surface area contributed by atoms with Gasteiger partial charge >= 0.3 is 0 Å². The third-order valence-electron chi connectivity index (χ3n) is 1.56. The van der Waals surface area contributed by atoms with Crippen LogP contribution < -0.4 is 11.1 Å². The Kier molecular flexibility index (Phi) is 2.91. The van der Waals surface area contributed by atoms with E-state index in [2.05, 4.69) is 21.2 Å². The average molecular weight is 215 g/mol. The van der Waals surface area contributed by atoms with Gasteiger partial charge in [0.15, 0.2) is 0 Å². The van der Waals surface area contributed by atoms with Crippen LogP contribution in [0.4, 0.5) is 5.69 Å². The molecule has 1 aromatic carbocycles. The van der Waals surface area contributed by atoms with Crippen LogP contribution in [0.1, 0.15) is 5.56 Å². The van der Waals surface area contributed by atoms with Crippen LogP contribution in [0.2, 0.25) is 0 Å². The van der Waals surface area contributed by atoms with Crippen LogP contribution in [0.5, 0.6) is 0 Å². The minimum atomic E-state index is 0.574. The highest BCUT2D eigenvalue weighted by atomic mass is 79.9. The summed E-state index contributed by atoms with van der Waals surface area (Å²) in [7, 11) is 1.89. The molecule has 2 nitrogen and oxygen atoms in total. The van der Waals surface area contributed by atoms with E-state index in [1.807, 2.05) is 25.2 Å². The third kappa shape index (κ3) is 1.94. The van der Waals surface area contributed by atoms with Crippen molar-refractivity contribution in [1.29, 1.82) is 0 Å². The average Bonchev–Trinajstić information content (AvgIpc) is 2.04. The molecule has 0 aliphatic rings. The summed E-state index contributed by atoms with van der Waals surface area (Å²) in [5, 5.41) is 3.05. The van der Waals surface area contributed by atoms with E-state index < -0.39 is 0 Å². The van der Waals surface area contributed by atoms with Crippen LogP contribution in [0.15, 0.2) is 22.7 Å².